The minimum atomic E-state index is -0.899. The van der Waals surface area contributed by atoms with E-state index in [1.165, 1.54) is 0 Å². The molecule has 1 spiro atoms. The predicted octanol–water partition coefficient (Wildman–Crippen LogP) is 3.29. The van der Waals surface area contributed by atoms with Gasteiger partial charge >= 0.3 is 5.97 Å². The summed E-state index contributed by atoms with van der Waals surface area (Å²) in [6.07, 6.45) is 5.41. The van der Waals surface area contributed by atoms with Crippen molar-refractivity contribution in [1.82, 2.24) is 15.2 Å². The number of hydrogen-bond acceptors (Lipinski definition) is 6. The van der Waals surface area contributed by atoms with Gasteiger partial charge in [0.15, 0.2) is 0 Å². The standard InChI is InChI=1S/C29H35N5O4/c1-28(2,3)38-26(36)24-19(11-13-32-24)10-12-31-23(14-18-8-9-18)25(35)34-17-29(15-20(34)16-30)21-6-4-5-7-22(21)33-27(29)37/h4-7,11,13,18,20,23,31-32H,8-10,12,14-15,17H2,1-3H3,(H,33,37)/t20-,23-,29-/m0/s1. The highest BCUT2D eigenvalue weighted by Gasteiger charge is 2.56. The van der Waals surface area contributed by atoms with Gasteiger partial charge in [0.25, 0.3) is 0 Å². The number of aromatic amines is 1. The Morgan fingerprint density at radius 3 is 2.74 bits per heavy atom. The number of benzene rings is 1. The van der Waals surface area contributed by atoms with Gasteiger partial charge in [0, 0.05) is 24.8 Å². The summed E-state index contributed by atoms with van der Waals surface area (Å²) < 4.78 is 5.51. The molecule has 38 heavy (non-hydrogen) atoms. The Bertz CT molecular complexity index is 1280. The summed E-state index contributed by atoms with van der Waals surface area (Å²) in [5, 5.41) is 16.3. The molecule has 1 aromatic carbocycles. The molecule has 5 rings (SSSR count). The van der Waals surface area contributed by atoms with Gasteiger partial charge in [-0.1, -0.05) is 31.0 Å². The molecule has 9 nitrogen and oxygen atoms in total. The van der Waals surface area contributed by atoms with Gasteiger partial charge in [0.2, 0.25) is 11.8 Å². The summed E-state index contributed by atoms with van der Waals surface area (Å²) in [5.74, 6) is -0.215. The highest BCUT2D eigenvalue weighted by Crippen LogP contribution is 2.46. The van der Waals surface area contributed by atoms with Crippen LogP contribution in [-0.4, -0.2) is 58.4 Å². The molecule has 0 radical (unpaired) electrons. The van der Waals surface area contributed by atoms with Gasteiger partial charge in [-0.15, -0.1) is 0 Å². The molecule has 3 atom stereocenters. The van der Waals surface area contributed by atoms with Crippen molar-refractivity contribution in [2.24, 2.45) is 5.92 Å². The summed E-state index contributed by atoms with van der Waals surface area (Å²) >= 11 is 0. The van der Waals surface area contributed by atoms with E-state index in [9.17, 15) is 19.6 Å². The second-order valence-corrected chi connectivity index (χ2v) is 11.7. The number of carbonyl (C=O) groups excluding carboxylic acids is 3. The van der Waals surface area contributed by atoms with Gasteiger partial charge in [0.1, 0.15) is 17.3 Å². The molecule has 3 N–H and O–H groups in total. The molecule has 1 aliphatic carbocycles. The number of esters is 1. The maximum Gasteiger partial charge on any atom is 0.355 e. The number of H-pyrrole nitrogens is 1. The Morgan fingerprint density at radius 1 is 1.26 bits per heavy atom. The van der Waals surface area contributed by atoms with Gasteiger partial charge in [-0.2, -0.15) is 5.26 Å². The van der Waals surface area contributed by atoms with Crippen molar-refractivity contribution >= 4 is 23.5 Å². The van der Waals surface area contributed by atoms with Crippen LogP contribution in [0.4, 0.5) is 5.69 Å². The fourth-order valence-electron chi connectivity index (χ4n) is 5.65. The molecule has 1 saturated heterocycles. The third kappa shape index (κ3) is 5.05. The number of nitrogens with one attached hydrogen (secondary N) is 3. The van der Waals surface area contributed by atoms with Crippen molar-refractivity contribution in [1.29, 1.82) is 5.26 Å². The molecule has 2 aliphatic heterocycles. The van der Waals surface area contributed by atoms with E-state index in [0.717, 1.165) is 29.7 Å². The molecular weight excluding hydrogens is 482 g/mol. The van der Waals surface area contributed by atoms with Crippen molar-refractivity contribution in [3.05, 3.63) is 53.3 Å². The van der Waals surface area contributed by atoms with Gasteiger partial charge in [-0.3, -0.25) is 9.59 Å². The average molecular weight is 518 g/mol. The van der Waals surface area contributed by atoms with E-state index in [0.29, 0.717) is 31.0 Å². The minimum absolute atomic E-state index is 0.140. The lowest BCUT2D eigenvalue weighted by molar-refractivity contribution is -0.134. The van der Waals surface area contributed by atoms with Crippen molar-refractivity contribution in [3.8, 4) is 6.07 Å². The fraction of sp³-hybridized carbons (Fsp3) is 0.517. The number of amides is 2. The molecule has 2 aromatic rings. The molecule has 0 unspecified atom stereocenters. The van der Waals surface area contributed by atoms with Crippen molar-refractivity contribution in [2.45, 2.75) is 76.0 Å². The molecule has 1 saturated carbocycles. The monoisotopic (exact) mass is 517 g/mol. The molecule has 2 fully saturated rings. The van der Waals surface area contributed by atoms with Gasteiger partial charge < -0.3 is 25.3 Å². The largest absolute Gasteiger partial charge is 0.455 e. The van der Waals surface area contributed by atoms with Crippen LogP contribution in [-0.2, 0) is 26.2 Å². The van der Waals surface area contributed by atoms with E-state index in [2.05, 4.69) is 21.7 Å². The third-order valence-electron chi connectivity index (χ3n) is 7.70. The summed E-state index contributed by atoms with van der Waals surface area (Å²) in [6, 6.07) is 10.5. The van der Waals surface area contributed by atoms with Crippen LogP contribution in [0.15, 0.2) is 36.5 Å². The maximum absolute atomic E-state index is 13.9. The number of nitriles is 1. The van der Waals surface area contributed by atoms with E-state index in [-0.39, 0.29) is 24.8 Å². The molecule has 200 valence electrons. The van der Waals surface area contributed by atoms with E-state index < -0.39 is 29.1 Å². The first-order valence-corrected chi connectivity index (χ1v) is 13.4. The smallest absolute Gasteiger partial charge is 0.355 e. The maximum atomic E-state index is 13.9. The van der Waals surface area contributed by atoms with Crippen LogP contribution < -0.4 is 10.6 Å². The number of rotatable bonds is 8. The van der Waals surface area contributed by atoms with Crippen LogP contribution >= 0.6 is 0 Å². The van der Waals surface area contributed by atoms with Gasteiger partial charge in [-0.25, -0.2) is 4.79 Å². The van der Waals surface area contributed by atoms with Crippen molar-refractivity contribution in [2.75, 3.05) is 18.4 Å². The fourth-order valence-corrected chi connectivity index (χ4v) is 5.65. The lowest BCUT2D eigenvalue weighted by Gasteiger charge is -2.28. The Hall–Kier alpha value is -3.64. The van der Waals surface area contributed by atoms with Crippen LogP contribution in [0.1, 0.15) is 68.1 Å². The molecule has 1 aromatic heterocycles. The Balaban J connectivity index is 1.29. The highest BCUT2D eigenvalue weighted by molar-refractivity contribution is 6.07. The number of nitrogens with zero attached hydrogens (tertiary/aromatic N) is 2. The van der Waals surface area contributed by atoms with Crippen LogP contribution in [0.2, 0.25) is 0 Å². The predicted molar refractivity (Wildman–Crippen MR) is 141 cm³/mol. The first-order chi connectivity index (χ1) is 18.1. The molecule has 0 bridgehead atoms. The number of anilines is 1. The average Bonchev–Trinajstić information content (AvgIpc) is 3.31. The Morgan fingerprint density at radius 2 is 2.03 bits per heavy atom. The van der Waals surface area contributed by atoms with Gasteiger partial charge in [0.05, 0.1) is 17.5 Å². The minimum Gasteiger partial charge on any atom is -0.455 e. The number of likely N-dealkylation sites (tertiary alicyclic amines) is 1. The van der Waals surface area contributed by atoms with E-state index >= 15 is 0 Å². The Labute approximate surface area is 222 Å². The van der Waals surface area contributed by atoms with Gasteiger partial charge in [-0.05, 0) is 69.3 Å². The van der Waals surface area contributed by atoms with Crippen molar-refractivity contribution in [3.63, 3.8) is 0 Å². The molecule has 2 amide bonds. The second-order valence-electron chi connectivity index (χ2n) is 11.7. The third-order valence-corrected chi connectivity index (χ3v) is 7.70. The molecule has 9 heteroatoms. The lowest BCUT2D eigenvalue weighted by Crippen LogP contribution is -2.50. The summed E-state index contributed by atoms with van der Waals surface area (Å²) in [5.41, 5.74) is 1.35. The zero-order chi connectivity index (χ0) is 27.1. The number of aromatic nitrogens is 1. The number of ether oxygens (including phenoxy) is 1. The van der Waals surface area contributed by atoms with E-state index in [4.69, 9.17) is 4.74 Å². The number of hydrogen-bond donors (Lipinski definition) is 3. The SMILES string of the molecule is CC(C)(C)OC(=O)c1[nH]ccc1CCN[C@@H](CC1CC1)C(=O)N1C[C@]2(C[C@H]1C#N)C(=O)Nc1ccccc12. The summed E-state index contributed by atoms with van der Waals surface area (Å²) in [7, 11) is 0. The summed E-state index contributed by atoms with van der Waals surface area (Å²) in [4.78, 5) is 44.1. The zero-order valence-corrected chi connectivity index (χ0v) is 22.2. The Kier molecular flexibility index (Phi) is 6.78. The highest BCUT2D eigenvalue weighted by atomic mass is 16.6. The van der Waals surface area contributed by atoms with Crippen LogP contribution in [0.25, 0.3) is 0 Å². The summed E-state index contributed by atoms with van der Waals surface area (Å²) in [6.45, 7) is 6.16. The second kappa shape index (κ2) is 9.91. The first kappa shape index (κ1) is 26.0. The number of fused-ring (bicyclic) bond motifs is 2. The van der Waals surface area contributed by atoms with Crippen LogP contribution in [0.5, 0.6) is 0 Å². The first-order valence-electron chi connectivity index (χ1n) is 13.4. The van der Waals surface area contributed by atoms with E-state index in [1.807, 2.05) is 51.1 Å². The normalized spacial score (nSPS) is 23.2. The molecule has 3 heterocycles. The number of para-hydroxylation sites is 1. The molecule has 3 aliphatic rings. The molecular formula is C29H35N5O4. The lowest BCUT2D eigenvalue weighted by atomic mass is 9.80. The zero-order valence-electron chi connectivity index (χ0n) is 22.2. The topological polar surface area (TPSA) is 127 Å². The van der Waals surface area contributed by atoms with E-state index in [1.54, 1.807) is 11.1 Å². The quantitative estimate of drug-likeness (QED) is 0.461. The van der Waals surface area contributed by atoms with Crippen LogP contribution in [0, 0.1) is 17.2 Å². The van der Waals surface area contributed by atoms with Crippen molar-refractivity contribution < 1.29 is 19.1 Å². The number of carbonyl (C=O) groups is 3. The van der Waals surface area contributed by atoms with Crippen LogP contribution in [0.3, 0.4) is 0 Å².